The number of carbonyl (C=O) groups is 1. The van der Waals surface area contributed by atoms with E-state index in [9.17, 15) is 13.2 Å². The second-order valence-corrected chi connectivity index (χ2v) is 7.42. The summed E-state index contributed by atoms with van der Waals surface area (Å²) < 4.78 is 31.6. The molecule has 0 aliphatic heterocycles. The molecule has 1 aromatic heterocycles. The van der Waals surface area contributed by atoms with Crippen molar-refractivity contribution in [1.82, 2.24) is 9.46 Å². The summed E-state index contributed by atoms with van der Waals surface area (Å²) in [4.78, 5) is 12.7. The zero-order valence-electron chi connectivity index (χ0n) is 14.9. The van der Waals surface area contributed by atoms with Crippen LogP contribution in [0.2, 0.25) is 0 Å². The van der Waals surface area contributed by atoms with Gasteiger partial charge in [-0.05, 0) is 31.5 Å². The summed E-state index contributed by atoms with van der Waals surface area (Å²) in [6.07, 6.45) is 0.566. The van der Waals surface area contributed by atoms with E-state index in [0.717, 1.165) is 0 Å². The lowest BCUT2D eigenvalue weighted by atomic mass is 10.1. The van der Waals surface area contributed by atoms with Crippen LogP contribution in [0.1, 0.15) is 42.6 Å². The first-order valence-corrected chi connectivity index (χ1v) is 9.65. The van der Waals surface area contributed by atoms with Crippen molar-refractivity contribution in [1.29, 1.82) is 0 Å². The summed E-state index contributed by atoms with van der Waals surface area (Å²) >= 11 is 0. The minimum atomic E-state index is -3.58. The predicted octanol–water partition coefficient (Wildman–Crippen LogP) is 2.83. The minimum Gasteiger partial charge on any atom is -0.361 e. The fourth-order valence-electron chi connectivity index (χ4n) is 2.59. The standard InChI is InChI=1S/C17H23N3O4S/c1-5-15-16(12(4)24-19-15)17(21)18-13-9-8-10-14(11-13)25(22,23)20(6-2)7-3/h8-11H,5-7H2,1-4H3,(H,18,21). The first-order valence-electron chi connectivity index (χ1n) is 8.21. The van der Waals surface area contributed by atoms with Gasteiger partial charge in [0.15, 0.2) is 0 Å². The van der Waals surface area contributed by atoms with Crippen molar-refractivity contribution in [2.45, 2.75) is 39.0 Å². The minimum absolute atomic E-state index is 0.145. The van der Waals surface area contributed by atoms with Crippen molar-refractivity contribution in [2.24, 2.45) is 0 Å². The van der Waals surface area contributed by atoms with Crippen LogP contribution in [0.25, 0.3) is 0 Å². The Bertz CT molecular complexity index is 855. The van der Waals surface area contributed by atoms with Crippen LogP contribution in [-0.2, 0) is 16.4 Å². The quantitative estimate of drug-likeness (QED) is 0.814. The molecule has 7 nitrogen and oxygen atoms in total. The third-order valence-electron chi connectivity index (χ3n) is 3.93. The molecule has 0 fully saturated rings. The maximum Gasteiger partial charge on any atom is 0.261 e. The van der Waals surface area contributed by atoms with E-state index in [1.165, 1.54) is 16.4 Å². The van der Waals surface area contributed by atoms with Gasteiger partial charge in [0.25, 0.3) is 5.91 Å². The SMILES string of the molecule is CCc1noc(C)c1C(=O)Nc1cccc(S(=O)(=O)N(CC)CC)c1. The first kappa shape index (κ1) is 19.1. The molecule has 0 saturated heterocycles. The maximum absolute atomic E-state index is 12.6. The summed E-state index contributed by atoms with van der Waals surface area (Å²) in [6, 6.07) is 6.23. The van der Waals surface area contributed by atoms with Gasteiger partial charge in [0.05, 0.1) is 10.6 Å². The number of rotatable bonds is 7. The Hall–Kier alpha value is -2.19. The second kappa shape index (κ2) is 7.79. The van der Waals surface area contributed by atoms with Gasteiger partial charge in [-0.15, -0.1) is 0 Å². The maximum atomic E-state index is 12.6. The number of hydrogen-bond acceptors (Lipinski definition) is 5. The number of sulfonamides is 1. The molecule has 25 heavy (non-hydrogen) atoms. The molecule has 0 radical (unpaired) electrons. The summed E-state index contributed by atoms with van der Waals surface area (Å²) in [5.41, 5.74) is 1.36. The van der Waals surface area contributed by atoms with Gasteiger partial charge in [-0.2, -0.15) is 4.31 Å². The lowest BCUT2D eigenvalue weighted by Gasteiger charge is -2.18. The van der Waals surface area contributed by atoms with Gasteiger partial charge in [-0.3, -0.25) is 4.79 Å². The summed E-state index contributed by atoms with van der Waals surface area (Å²) in [5.74, 6) is 0.0641. The van der Waals surface area contributed by atoms with Gasteiger partial charge in [-0.1, -0.05) is 32.0 Å². The molecule has 0 spiro atoms. The molecular weight excluding hydrogens is 342 g/mol. The molecule has 136 valence electrons. The van der Waals surface area contributed by atoms with E-state index in [2.05, 4.69) is 10.5 Å². The lowest BCUT2D eigenvalue weighted by Crippen LogP contribution is -2.30. The Morgan fingerprint density at radius 3 is 2.52 bits per heavy atom. The van der Waals surface area contributed by atoms with E-state index in [-0.39, 0.29) is 10.8 Å². The van der Waals surface area contributed by atoms with E-state index in [0.29, 0.717) is 42.2 Å². The predicted molar refractivity (Wildman–Crippen MR) is 95.1 cm³/mol. The number of benzene rings is 1. The highest BCUT2D eigenvalue weighted by Gasteiger charge is 2.23. The van der Waals surface area contributed by atoms with Crippen LogP contribution >= 0.6 is 0 Å². The topological polar surface area (TPSA) is 92.5 Å². The highest BCUT2D eigenvalue weighted by atomic mass is 32.2. The van der Waals surface area contributed by atoms with Gasteiger partial charge < -0.3 is 9.84 Å². The largest absolute Gasteiger partial charge is 0.361 e. The number of carbonyl (C=O) groups excluding carboxylic acids is 1. The van der Waals surface area contributed by atoms with Gasteiger partial charge >= 0.3 is 0 Å². The number of aryl methyl sites for hydroxylation is 2. The number of nitrogens with one attached hydrogen (secondary N) is 1. The molecule has 2 rings (SSSR count). The second-order valence-electron chi connectivity index (χ2n) is 5.49. The third-order valence-corrected chi connectivity index (χ3v) is 5.98. The van der Waals surface area contributed by atoms with Gasteiger partial charge in [-0.25, -0.2) is 8.42 Å². The monoisotopic (exact) mass is 365 g/mol. The van der Waals surface area contributed by atoms with Crippen molar-refractivity contribution in [3.63, 3.8) is 0 Å². The van der Waals surface area contributed by atoms with Crippen molar-refractivity contribution in [2.75, 3.05) is 18.4 Å². The third kappa shape index (κ3) is 3.91. The van der Waals surface area contributed by atoms with Crippen molar-refractivity contribution >= 4 is 21.6 Å². The fraction of sp³-hybridized carbons (Fsp3) is 0.412. The molecule has 1 N–H and O–H groups in total. The Balaban J connectivity index is 2.31. The number of hydrogen-bond donors (Lipinski definition) is 1. The molecule has 0 bridgehead atoms. The van der Waals surface area contributed by atoms with Gasteiger partial charge in [0.2, 0.25) is 10.0 Å². The average molecular weight is 365 g/mol. The van der Waals surface area contributed by atoms with Crippen LogP contribution in [-0.4, -0.2) is 36.9 Å². The lowest BCUT2D eigenvalue weighted by molar-refractivity contribution is 0.102. The average Bonchev–Trinajstić information content (AvgIpc) is 2.96. The Kier molecular flexibility index (Phi) is 5.97. The highest BCUT2D eigenvalue weighted by molar-refractivity contribution is 7.89. The number of amides is 1. The summed E-state index contributed by atoms with van der Waals surface area (Å²) in [6.45, 7) is 7.89. The van der Waals surface area contributed by atoms with E-state index < -0.39 is 10.0 Å². The molecule has 8 heteroatoms. The molecule has 1 amide bonds. The van der Waals surface area contributed by atoms with Gasteiger partial charge in [0, 0.05) is 18.8 Å². The van der Waals surface area contributed by atoms with Gasteiger partial charge in [0.1, 0.15) is 11.3 Å². The molecule has 2 aromatic rings. The molecule has 0 unspecified atom stereocenters. The van der Waals surface area contributed by atoms with E-state index in [4.69, 9.17) is 4.52 Å². The van der Waals surface area contributed by atoms with Crippen LogP contribution in [0, 0.1) is 6.92 Å². The van der Waals surface area contributed by atoms with Crippen LogP contribution in [0.5, 0.6) is 0 Å². The summed E-state index contributed by atoms with van der Waals surface area (Å²) in [5, 5.41) is 6.59. The molecule has 0 aliphatic rings. The molecule has 0 atom stereocenters. The highest BCUT2D eigenvalue weighted by Crippen LogP contribution is 2.21. The molecule has 0 aliphatic carbocycles. The normalized spacial score (nSPS) is 11.7. The molecule has 1 heterocycles. The van der Waals surface area contributed by atoms with Crippen molar-refractivity contribution in [3.8, 4) is 0 Å². The molecule has 1 aromatic carbocycles. The van der Waals surface area contributed by atoms with E-state index in [1.807, 2.05) is 6.92 Å². The van der Waals surface area contributed by atoms with Crippen molar-refractivity contribution in [3.05, 3.63) is 41.3 Å². The Morgan fingerprint density at radius 2 is 1.92 bits per heavy atom. The Morgan fingerprint density at radius 1 is 1.24 bits per heavy atom. The first-order chi connectivity index (χ1) is 11.8. The summed E-state index contributed by atoms with van der Waals surface area (Å²) in [7, 11) is -3.58. The zero-order valence-corrected chi connectivity index (χ0v) is 15.7. The molecular formula is C17H23N3O4S. The van der Waals surface area contributed by atoms with Crippen LogP contribution < -0.4 is 5.32 Å². The number of anilines is 1. The van der Waals surface area contributed by atoms with Crippen LogP contribution in [0.3, 0.4) is 0 Å². The fourth-order valence-corrected chi connectivity index (χ4v) is 4.10. The van der Waals surface area contributed by atoms with Crippen molar-refractivity contribution < 1.29 is 17.7 Å². The Labute approximate surface area is 148 Å². The number of nitrogens with zero attached hydrogens (tertiary/aromatic N) is 2. The molecule has 0 saturated carbocycles. The van der Waals surface area contributed by atoms with E-state index >= 15 is 0 Å². The van der Waals surface area contributed by atoms with Crippen LogP contribution in [0.4, 0.5) is 5.69 Å². The zero-order chi connectivity index (χ0) is 18.6. The van der Waals surface area contributed by atoms with Crippen LogP contribution in [0.15, 0.2) is 33.7 Å². The van der Waals surface area contributed by atoms with E-state index in [1.54, 1.807) is 32.9 Å². The number of aromatic nitrogens is 1. The smallest absolute Gasteiger partial charge is 0.261 e.